The maximum atomic E-state index is 12.9. The van der Waals surface area contributed by atoms with E-state index in [4.69, 9.17) is 16.2 Å². The number of nitrogens with one attached hydrogen (secondary N) is 2. The van der Waals surface area contributed by atoms with Crippen molar-refractivity contribution in [1.29, 1.82) is 0 Å². The van der Waals surface area contributed by atoms with E-state index in [0.29, 0.717) is 47.4 Å². The Labute approximate surface area is 185 Å². The third-order valence-corrected chi connectivity index (χ3v) is 4.46. The van der Waals surface area contributed by atoms with E-state index < -0.39 is 5.91 Å². The summed E-state index contributed by atoms with van der Waals surface area (Å²) in [5, 5.41) is 5.49. The third kappa shape index (κ3) is 5.67. The molecule has 2 amide bonds. The van der Waals surface area contributed by atoms with Gasteiger partial charge in [-0.05, 0) is 42.5 Å². The summed E-state index contributed by atoms with van der Waals surface area (Å²) in [4.78, 5) is 33.7. The van der Waals surface area contributed by atoms with E-state index in [9.17, 15) is 9.59 Å². The molecule has 0 fully saturated rings. The van der Waals surface area contributed by atoms with Gasteiger partial charge in [-0.25, -0.2) is 4.98 Å². The molecule has 3 rings (SSSR count). The molecule has 0 aliphatic heterocycles. The van der Waals surface area contributed by atoms with Crippen LogP contribution in [0.25, 0.3) is 0 Å². The number of aliphatic imine (C=N–C) groups is 1. The number of anilines is 2. The monoisotopic (exact) mass is 432 g/mol. The normalized spacial score (nSPS) is 11.0. The maximum absolute atomic E-state index is 12.9. The largest absolute Gasteiger partial charge is 0.492 e. The quantitative estimate of drug-likeness (QED) is 0.317. The van der Waals surface area contributed by atoms with Gasteiger partial charge in [-0.3, -0.25) is 14.6 Å². The minimum absolute atomic E-state index is 0.220. The Balaban J connectivity index is 1.85. The number of rotatable bonds is 8. The molecule has 1 aromatic heterocycles. The van der Waals surface area contributed by atoms with Crippen LogP contribution in [0.3, 0.4) is 0 Å². The highest BCUT2D eigenvalue weighted by Crippen LogP contribution is 2.24. The molecule has 0 saturated heterocycles. The van der Waals surface area contributed by atoms with Gasteiger partial charge in [0.1, 0.15) is 24.0 Å². The van der Waals surface area contributed by atoms with Crippen molar-refractivity contribution in [1.82, 2.24) is 4.98 Å². The fourth-order valence-electron chi connectivity index (χ4n) is 2.82. The number of carbonyl (C=O) groups excluding carboxylic acids is 2. The fourth-order valence-corrected chi connectivity index (χ4v) is 2.82. The van der Waals surface area contributed by atoms with Crippen molar-refractivity contribution >= 4 is 29.2 Å². The summed E-state index contributed by atoms with van der Waals surface area (Å²) >= 11 is 0. The molecule has 9 nitrogen and oxygen atoms in total. The second kappa shape index (κ2) is 10.7. The van der Waals surface area contributed by atoms with Crippen LogP contribution < -0.4 is 26.8 Å². The van der Waals surface area contributed by atoms with Crippen molar-refractivity contribution in [2.75, 3.05) is 30.8 Å². The van der Waals surface area contributed by atoms with E-state index in [2.05, 4.69) is 20.6 Å². The molecule has 0 aliphatic carbocycles. The van der Waals surface area contributed by atoms with E-state index in [1.807, 2.05) is 0 Å². The summed E-state index contributed by atoms with van der Waals surface area (Å²) in [6.45, 7) is 0.626. The van der Waals surface area contributed by atoms with E-state index >= 15 is 0 Å². The lowest BCUT2D eigenvalue weighted by Crippen LogP contribution is -2.19. The highest BCUT2D eigenvalue weighted by atomic mass is 16.5. The summed E-state index contributed by atoms with van der Waals surface area (Å²) in [5.74, 6) is 0.385. The first-order valence-corrected chi connectivity index (χ1v) is 9.85. The van der Waals surface area contributed by atoms with Crippen LogP contribution in [0.1, 0.15) is 26.3 Å². The lowest BCUT2D eigenvalue weighted by Gasteiger charge is -2.14. The summed E-state index contributed by atoms with van der Waals surface area (Å²) in [6, 6.07) is 16.6. The lowest BCUT2D eigenvalue weighted by atomic mass is 10.1. The number of nitrogens with two attached hydrogens (primary N) is 2. The molecule has 32 heavy (non-hydrogen) atoms. The molecule has 3 aromatic rings. The minimum Gasteiger partial charge on any atom is -0.492 e. The molecule has 6 N–H and O–H groups in total. The first kappa shape index (κ1) is 22.4. The first-order chi connectivity index (χ1) is 15.5. The maximum Gasteiger partial charge on any atom is 0.259 e. The smallest absolute Gasteiger partial charge is 0.259 e. The molecule has 2 aromatic carbocycles. The molecule has 0 aliphatic rings. The van der Waals surface area contributed by atoms with Crippen molar-refractivity contribution in [2.45, 2.75) is 0 Å². The van der Waals surface area contributed by atoms with Gasteiger partial charge in [0.2, 0.25) is 0 Å². The van der Waals surface area contributed by atoms with Crippen molar-refractivity contribution in [3.05, 3.63) is 83.6 Å². The predicted octanol–water partition coefficient (Wildman–Crippen LogP) is 2.26. The molecule has 0 atom stereocenters. The molecular weight excluding hydrogens is 408 g/mol. The number of ether oxygens (including phenoxy) is 1. The zero-order valence-corrected chi connectivity index (χ0v) is 17.5. The van der Waals surface area contributed by atoms with Crippen LogP contribution in [0, 0.1) is 0 Å². The average molecular weight is 432 g/mol. The van der Waals surface area contributed by atoms with E-state index in [-0.39, 0.29) is 11.5 Å². The number of pyridine rings is 1. The predicted molar refractivity (Wildman–Crippen MR) is 124 cm³/mol. The Bertz CT molecular complexity index is 1110. The molecule has 164 valence electrons. The highest BCUT2D eigenvalue weighted by molar-refractivity contribution is 6.12. The zero-order valence-electron chi connectivity index (χ0n) is 17.5. The molecule has 9 heteroatoms. The summed E-state index contributed by atoms with van der Waals surface area (Å²) in [5.41, 5.74) is 12.9. The third-order valence-electron chi connectivity index (χ3n) is 4.46. The van der Waals surface area contributed by atoms with Gasteiger partial charge in [-0.2, -0.15) is 0 Å². The highest BCUT2D eigenvalue weighted by Gasteiger charge is 2.17. The van der Waals surface area contributed by atoms with Crippen LogP contribution in [0.2, 0.25) is 0 Å². The van der Waals surface area contributed by atoms with E-state index in [1.165, 1.54) is 0 Å². The molecule has 0 bridgehead atoms. The second-order valence-electron chi connectivity index (χ2n) is 6.65. The van der Waals surface area contributed by atoms with E-state index in [0.717, 1.165) is 0 Å². The van der Waals surface area contributed by atoms with Crippen LogP contribution >= 0.6 is 0 Å². The molecule has 0 saturated carbocycles. The fraction of sp³-hybridized carbons (Fsp3) is 0.130. The van der Waals surface area contributed by atoms with Gasteiger partial charge in [-0.15, -0.1) is 0 Å². The number of hydrogen-bond donors (Lipinski definition) is 4. The number of nitrogens with zero attached hydrogens (tertiary/aromatic N) is 2. The summed E-state index contributed by atoms with van der Waals surface area (Å²) in [7, 11) is 1.59. The zero-order chi connectivity index (χ0) is 22.9. The Morgan fingerprint density at radius 1 is 1.00 bits per heavy atom. The summed E-state index contributed by atoms with van der Waals surface area (Å²) < 4.78 is 5.53. The average Bonchev–Trinajstić information content (AvgIpc) is 2.83. The lowest BCUT2D eigenvalue weighted by molar-refractivity contribution is 0.102. The van der Waals surface area contributed by atoms with Crippen molar-refractivity contribution in [3.63, 3.8) is 0 Å². The molecule has 0 radical (unpaired) electrons. The van der Waals surface area contributed by atoms with Gasteiger partial charge in [0.05, 0.1) is 11.3 Å². The summed E-state index contributed by atoms with van der Waals surface area (Å²) in [6.07, 6.45) is 1.57. The van der Waals surface area contributed by atoms with Crippen LogP contribution in [-0.4, -0.2) is 42.8 Å². The standard InChI is InChI=1S/C23H24N6O3/c1-26-21(25)15-5-7-16(8-6-15)22(30)28-19-10-9-17(32-13-11-24)14-18(19)23(31)29-20-4-2-3-12-27-20/h2-10,12,14H,11,13,24H2,1H3,(H2,25,26)(H,28,30)(H,27,29,31). The number of aromatic nitrogens is 1. The second-order valence-corrected chi connectivity index (χ2v) is 6.65. The topological polar surface area (TPSA) is 145 Å². The first-order valence-electron chi connectivity index (χ1n) is 9.85. The molecule has 0 unspecified atom stereocenters. The Hall–Kier alpha value is -4.24. The van der Waals surface area contributed by atoms with E-state index in [1.54, 1.807) is 73.9 Å². The van der Waals surface area contributed by atoms with Crippen molar-refractivity contribution in [2.24, 2.45) is 16.5 Å². The van der Waals surface area contributed by atoms with Gasteiger partial charge in [0.15, 0.2) is 0 Å². The number of amidine groups is 1. The molecule has 1 heterocycles. The Morgan fingerprint density at radius 2 is 1.75 bits per heavy atom. The Kier molecular flexibility index (Phi) is 7.50. The number of carbonyl (C=O) groups is 2. The van der Waals surface area contributed by atoms with Gasteiger partial charge in [0.25, 0.3) is 11.8 Å². The van der Waals surface area contributed by atoms with Gasteiger partial charge in [-0.1, -0.05) is 18.2 Å². The van der Waals surface area contributed by atoms with Crippen LogP contribution in [0.4, 0.5) is 11.5 Å². The molecule has 0 spiro atoms. The number of amides is 2. The van der Waals surface area contributed by atoms with Crippen LogP contribution in [-0.2, 0) is 0 Å². The van der Waals surface area contributed by atoms with Crippen LogP contribution in [0.15, 0.2) is 71.9 Å². The van der Waals surface area contributed by atoms with Gasteiger partial charge in [0, 0.05) is 30.9 Å². The van der Waals surface area contributed by atoms with Gasteiger partial charge >= 0.3 is 0 Å². The minimum atomic E-state index is -0.445. The van der Waals surface area contributed by atoms with Crippen molar-refractivity contribution < 1.29 is 14.3 Å². The van der Waals surface area contributed by atoms with Crippen LogP contribution in [0.5, 0.6) is 5.75 Å². The molecular formula is C23H24N6O3. The number of benzene rings is 2. The van der Waals surface area contributed by atoms with Crippen molar-refractivity contribution in [3.8, 4) is 5.75 Å². The number of hydrogen-bond acceptors (Lipinski definition) is 6. The Morgan fingerprint density at radius 3 is 2.41 bits per heavy atom. The SMILES string of the molecule is CN=C(N)c1ccc(C(=O)Nc2ccc(OCCN)cc2C(=O)Nc2ccccn2)cc1. The van der Waals surface area contributed by atoms with Gasteiger partial charge < -0.3 is 26.8 Å².